The van der Waals surface area contributed by atoms with E-state index in [0.717, 1.165) is 19.3 Å². The molecule has 1 aromatic heterocycles. The number of non-ortho nitro benzene ring substituents is 1. The van der Waals surface area contributed by atoms with E-state index in [-0.39, 0.29) is 34.7 Å². The smallest absolute Gasteiger partial charge is 0.270 e. The van der Waals surface area contributed by atoms with Gasteiger partial charge < -0.3 is 9.88 Å². The Hall–Kier alpha value is -3.48. The van der Waals surface area contributed by atoms with Crippen LogP contribution in [0.5, 0.6) is 0 Å². The van der Waals surface area contributed by atoms with E-state index in [1.807, 2.05) is 23.1 Å². The molecule has 0 bridgehead atoms. The molecule has 152 valence electrons. The number of rotatable bonds is 3. The van der Waals surface area contributed by atoms with Crippen molar-refractivity contribution in [3.05, 3.63) is 86.2 Å². The van der Waals surface area contributed by atoms with Crippen molar-refractivity contribution in [2.45, 2.75) is 31.2 Å². The number of nitrogens with one attached hydrogen (secondary N) is 1. The first kappa shape index (κ1) is 18.5. The monoisotopic (exact) mass is 403 g/mol. The van der Waals surface area contributed by atoms with Crippen molar-refractivity contribution in [3.8, 4) is 0 Å². The predicted octanol–water partition coefficient (Wildman–Crippen LogP) is 3.84. The van der Waals surface area contributed by atoms with Gasteiger partial charge in [0.2, 0.25) is 5.56 Å². The Bertz CT molecular complexity index is 1200. The Morgan fingerprint density at radius 3 is 2.67 bits per heavy atom. The van der Waals surface area contributed by atoms with Crippen LogP contribution in [0.4, 0.5) is 5.69 Å². The van der Waals surface area contributed by atoms with Crippen molar-refractivity contribution >= 4 is 22.5 Å². The fraction of sp³-hybridized carbons (Fsp3) is 0.304. The lowest BCUT2D eigenvalue weighted by molar-refractivity contribution is -0.384. The lowest BCUT2D eigenvalue weighted by Crippen LogP contribution is -2.36. The molecular formula is C23H21N3O4. The Balaban J connectivity index is 1.57. The van der Waals surface area contributed by atoms with E-state index in [2.05, 4.69) is 17.1 Å². The van der Waals surface area contributed by atoms with E-state index < -0.39 is 4.92 Å². The fourth-order valence-electron chi connectivity index (χ4n) is 5.28. The van der Waals surface area contributed by atoms with Gasteiger partial charge in [0.1, 0.15) is 0 Å². The third-order valence-electron chi connectivity index (χ3n) is 6.60. The van der Waals surface area contributed by atoms with Crippen LogP contribution in [0.2, 0.25) is 0 Å². The summed E-state index contributed by atoms with van der Waals surface area (Å²) >= 11 is 0. The minimum absolute atomic E-state index is 0.106. The molecule has 2 fully saturated rings. The molecule has 2 aromatic carbocycles. The average molecular weight is 403 g/mol. The van der Waals surface area contributed by atoms with Gasteiger partial charge >= 0.3 is 0 Å². The molecule has 5 rings (SSSR count). The molecule has 0 unspecified atom stereocenters. The number of amides is 1. The van der Waals surface area contributed by atoms with Gasteiger partial charge in [0.05, 0.1) is 10.5 Å². The first-order valence-corrected chi connectivity index (χ1v) is 10.2. The quantitative estimate of drug-likeness (QED) is 0.531. The summed E-state index contributed by atoms with van der Waals surface area (Å²) in [6, 6.07) is 15.9. The highest BCUT2D eigenvalue weighted by atomic mass is 16.6. The molecule has 7 heteroatoms. The molecule has 2 heterocycles. The number of nitrogens with zero attached hydrogens (tertiary/aromatic N) is 2. The first-order chi connectivity index (χ1) is 14.5. The Morgan fingerprint density at radius 1 is 1.10 bits per heavy atom. The van der Waals surface area contributed by atoms with Gasteiger partial charge in [-0.3, -0.25) is 19.7 Å². The number of hydrogen-bond acceptors (Lipinski definition) is 4. The lowest BCUT2D eigenvalue weighted by atomic mass is 9.87. The van der Waals surface area contributed by atoms with Gasteiger partial charge in [0.25, 0.3) is 11.6 Å². The summed E-state index contributed by atoms with van der Waals surface area (Å²) in [5.74, 6) is 0.450. The number of nitro benzene ring substituents is 1. The number of hydrogen-bond donors (Lipinski definition) is 1. The van der Waals surface area contributed by atoms with E-state index in [9.17, 15) is 19.7 Å². The topological polar surface area (TPSA) is 96.3 Å². The molecule has 1 aliphatic heterocycles. The average Bonchev–Trinajstić information content (AvgIpc) is 3.35. The van der Waals surface area contributed by atoms with Crippen LogP contribution in [-0.2, 0) is 0 Å². The van der Waals surface area contributed by atoms with Gasteiger partial charge in [-0.2, -0.15) is 0 Å². The van der Waals surface area contributed by atoms with Crippen molar-refractivity contribution in [1.29, 1.82) is 0 Å². The van der Waals surface area contributed by atoms with Crippen molar-refractivity contribution in [1.82, 2.24) is 9.88 Å². The summed E-state index contributed by atoms with van der Waals surface area (Å²) in [5.41, 5.74) is 1.40. The maximum atomic E-state index is 13.6. The number of nitro groups is 1. The number of carbonyl (C=O) groups excluding carboxylic acids is 1. The summed E-state index contributed by atoms with van der Waals surface area (Å²) in [5, 5.41) is 11.6. The normalized spacial score (nSPS) is 22.9. The molecule has 0 spiro atoms. The molecular weight excluding hydrogens is 382 g/mol. The Kier molecular flexibility index (Phi) is 4.38. The highest BCUT2D eigenvalue weighted by Crippen LogP contribution is 2.46. The second-order valence-electron chi connectivity index (χ2n) is 8.17. The number of pyridine rings is 1. The summed E-state index contributed by atoms with van der Waals surface area (Å²) in [6.45, 7) is 0.599. The van der Waals surface area contributed by atoms with Gasteiger partial charge in [-0.25, -0.2) is 0 Å². The van der Waals surface area contributed by atoms with Crippen molar-refractivity contribution in [2.24, 2.45) is 5.92 Å². The van der Waals surface area contributed by atoms with Crippen LogP contribution >= 0.6 is 0 Å². The Morgan fingerprint density at radius 2 is 1.90 bits per heavy atom. The van der Waals surface area contributed by atoms with Crippen LogP contribution in [0.15, 0.2) is 59.4 Å². The second-order valence-corrected chi connectivity index (χ2v) is 8.17. The van der Waals surface area contributed by atoms with Gasteiger partial charge in [-0.15, -0.1) is 0 Å². The van der Waals surface area contributed by atoms with Crippen LogP contribution in [0.3, 0.4) is 0 Å². The molecule has 2 aliphatic rings. The molecule has 0 radical (unpaired) electrons. The van der Waals surface area contributed by atoms with Crippen LogP contribution in [0.25, 0.3) is 10.9 Å². The number of carbonyl (C=O) groups is 1. The minimum atomic E-state index is -0.493. The van der Waals surface area contributed by atoms with Crippen LogP contribution < -0.4 is 5.56 Å². The number of fused-ring (bicyclic) bond motifs is 2. The highest BCUT2D eigenvalue weighted by Gasteiger charge is 2.47. The highest BCUT2D eigenvalue weighted by molar-refractivity contribution is 6.06. The molecule has 3 aromatic rings. The number of aromatic amines is 1. The second kappa shape index (κ2) is 7.09. The zero-order valence-corrected chi connectivity index (χ0v) is 16.3. The van der Waals surface area contributed by atoms with Gasteiger partial charge in [0.15, 0.2) is 0 Å². The molecule has 1 N–H and O–H groups in total. The van der Waals surface area contributed by atoms with Crippen LogP contribution in [-0.4, -0.2) is 33.3 Å². The number of benzene rings is 2. The standard InChI is InChI=1S/C23H21N3O4/c27-22-12-18(17-11-15(26(29)30)9-10-20(17)24-22)23(28)25-13-19(14-5-2-1-3-6-14)16-7-4-8-21(16)25/h1-3,5-6,9-12,16,19,21H,4,7-8,13H2,(H,24,27)/t16-,19-,21+/m1/s1. The van der Waals surface area contributed by atoms with Crippen molar-refractivity contribution in [3.63, 3.8) is 0 Å². The summed E-state index contributed by atoms with van der Waals surface area (Å²) in [7, 11) is 0. The van der Waals surface area contributed by atoms with Crippen LogP contribution in [0, 0.1) is 16.0 Å². The summed E-state index contributed by atoms with van der Waals surface area (Å²) in [6.07, 6.45) is 3.10. The number of H-pyrrole nitrogens is 1. The van der Waals surface area contributed by atoms with Crippen molar-refractivity contribution < 1.29 is 9.72 Å². The Labute approximate surface area is 172 Å². The van der Waals surface area contributed by atoms with Crippen molar-refractivity contribution in [2.75, 3.05) is 6.54 Å². The molecule has 3 atom stereocenters. The third-order valence-corrected chi connectivity index (χ3v) is 6.60. The van der Waals surface area contributed by atoms with E-state index in [0.29, 0.717) is 23.4 Å². The maximum Gasteiger partial charge on any atom is 0.270 e. The van der Waals surface area contributed by atoms with E-state index in [4.69, 9.17) is 0 Å². The molecule has 7 nitrogen and oxygen atoms in total. The summed E-state index contributed by atoms with van der Waals surface area (Å²) in [4.78, 5) is 41.1. The van der Waals surface area contributed by atoms with E-state index >= 15 is 0 Å². The molecule has 1 saturated heterocycles. The zero-order valence-electron chi connectivity index (χ0n) is 16.3. The molecule has 1 saturated carbocycles. The largest absolute Gasteiger partial charge is 0.335 e. The van der Waals surface area contributed by atoms with E-state index in [1.54, 1.807) is 0 Å². The predicted molar refractivity (Wildman–Crippen MR) is 113 cm³/mol. The van der Waals surface area contributed by atoms with Gasteiger partial charge in [-0.05, 0) is 30.4 Å². The van der Waals surface area contributed by atoms with E-state index in [1.165, 1.54) is 29.8 Å². The summed E-state index contributed by atoms with van der Waals surface area (Å²) < 4.78 is 0. The van der Waals surface area contributed by atoms with Gasteiger partial charge in [-0.1, -0.05) is 36.8 Å². The molecule has 30 heavy (non-hydrogen) atoms. The van der Waals surface area contributed by atoms with Gasteiger partial charge in [0, 0.05) is 47.6 Å². The zero-order chi connectivity index (χ0) is 20.8. The first-order valence-electron chi connectivity index (χ1n) is 10.2. The minimum Gasteiger partial charge on any atom is -0.335 e. The number of aromatic nitrogens is 1. The van der Waals surface area contributed by atoms with Crippen LogP contribution in [0.1, 0.15) is 41.1 Å². The molecule has 1 aliphatic carbocycles. The maximum absolute atomic E-state index is 13.6. The lowest BCUT2D eigenvalue weighted by Gasteiger charge is -2.24. The third kappa shape index (κ3) is 2.98. The fourth-order valence-corrected chi connectivity index (χ4v) is 5.28. The SMILES string of the molecule is O=C(c1cc(=O)[nH]c2ccc([N+](=O)[O-])cc12)N1C[C@H](c2ccccc2)[C@H]2CCC[C@@H]21. The number of likely N-dealkylation sites (tertiary alicyclic amines) is 1. The molecule has 1 amide bonds.